The highest BCUT2D eigenvalue weighted by Crippen LogP contribution is 2.37. The van der Waals surface area contributed by atoms with Crippen molar-refractivity contribution in [2.75, 3.05) is 25.1 Å². The highest BCUT2D eigenvalue weighted by Gasteiger charge is 2.34. The molecule has 1 amide bonds. The van der Waals surface area contributed by atoms with Gasteiger partial charge in [-0.15, -0.1) is 0 Å². The van der Waals surface area contributed by atoms with Crippen molar-refractivity contribution in [3.05, 3.63) is 52.6 Å². The number of rotatable bonds is 9. The third kappa shape index (κ3) is 5.40. The van der Waals surface area contributed by atoms with Gasteiger partial charge in [-0.05, 0) is 43.9 Å². The molecular formula is C21H24N4O7S. The summed E-state index contributed by atoms with van der Waals surface area (Å²) < 4.78 is 38.4. The minimum absolute atomic E-state index is 0.0140. The molecule has 2 aromatic rings. The van der Waals surface area contributed by atoms with Gasteiger partial charge < -0.3 is 9.47 Å². The van der Waals surface area contributed by atoms with E-state index in [1.165, 1.54) is 44.6 Å². The Morgan fingerprint density at radius 3 is 2.48 bits per heavy atom. The Hall–Kier alpha value is -3.67. The van der Waals surface area contributed by atoms with Crippen molar-refractivity contribution in [2.45, 2.75) is 30.6 Å². The first-order valence-corrected chi connectivity index (χ1v) is 11.5. The Bertz CT molecular complexity index is 1170. The number of nitro groups is 1. The number of nitrogens with one attached hydrogen (secondary N) is 1. The second-order valence-electron chi connectivity index (χ2n) is 7.19. The molecule has 1 fully saturated rings. The van der Waals surface area contributed by atoms with Gasteiger partial charge in [-0.3, -0.25) is 19.2 Å². The van der Waals surface area contributed by atoms with Crippen LogP contribution >= 0.6 is 0 Å². The minimum atomic E-state index is -4.55. The second kappa shape index (κ2) is 10.3. The molecular weight excluding hydrogens is 452 g/mol. The normalized spacial score (nSPS) is 13.3. The summed E-state index contributed by atoms with van der Waals surface area (Å²) >= 11 is 0. The molecule has 0 atom stereocenters. The predicted molar refractivity (Wildman–Crippen MR) is 121 cm³/mol. The van der Waals surface area contributed by atoms with Crippen LogP contribution in [-0.2, 0) is 14.8 Å². The van der Waals surface area contributed by atoms with Crippen LogP contribution in [0.15, 0.2) is 52.5 Å². The molecule has 0 aliphatic heterocycles. The number of amides is 1. The molecule has 1 aliphatic rings. The first-order valence-electron chi connectivity index (χ1n) is 10.1. The number of nitrogens with zero attached hydrogens (tertiary/aromatic N) is 3. The zero-order valence-corrected chi connectivity index (χ0v) is 19.0. The monoisotopic (exact) mass is 476 g/mol. The van der Waals surface area contributed by atoms with Crippen LogP contribution in [0.1, 0.15) is 25.7 Å². The standard InChI is InChI=1S/C21H24N4O7S/c1-31-16-11-12-17(19(13-16)32-2)24(14-21(26)23-22-15-7-3-4-8-15)33(29,30)20-10-6-5-9-18(20)25(27)28/h5-6,9-13H,3-4,7-8,14H2,1-2H3,(H,23,26). The summed E-state index contributed by atoms with van der Waals surface area (Å²) in [7, 11) is -1.78. The van der Waals surface area contributed by atoms with Crippen molar-refractivity contribution < 1.29 is 27.6 Å². The molecule has 0 aromatic heterocycles. The van der Waals surface area contributed by atoms with E-state index in [1.807, 2.05) is 0 Å². The molecule has 0 bridgehead atoms. The quantitative estimate of drug-likeness (QED) is 0.433. The molecule has 33 heavy (non-hydrogen) atoms. The zero-order chi connectivity index (χ0) is 24.0. The molecule has 0 saturated heterocycles. The van der Waals surface area contributed by atoms with E-state index in [-0.39, 0.29) is 11.4 Å². The van der Waals surface area contributed by atoms with E-state index < -0.39 is 38.0 Å². The van der Waals surface area contributed by atoms with Crippen LogP contribution in [-0.4, -0.2) is 45.7 Å². The zero-order valence-electron chi connectivity index (χ0n) is 18.2. The van der Waals surface area contributed by atoms with Crippen LogP contribution in [0.25, 0.3) is 0 Å². The third-order valence-electron chi connectivity index (χ3n) is 5.09. The van der Waals surface area contributed by atoms with Crippen molar-refractivity contribution in [3.8, 4) is 11.5 Å². The van der Waals surface area contributed by atoms with Gasteiger partial charge in [0.05, 0.1) is 24.8 Å². The first-order chi connectivity index (χ1) is 15.8. The lowest BCUT2D eigenvalue weighted by Gasteiger charge is -2.25. The van der Waals surface area contributed by atoms with Gasteiger partial charge in [0.1, 0.15) is 18.0 Å². The van der Waals surface area contributed by atoms with Crippen molar-refractivity contribution >= 4 is 33.0 Å². The first kappa shape index (κ1) is 24.0. The van der Waals surface area contributed by atoms with E-state index in [9.17, 15) is 23.3 Å². The number of hydrogen-bond donors (Lipinski definition) is 1. The average molecular weight is 477 g/mol. The van der Waals surface area contributed by atoms with Crippen molar-refractivity contribution in [2.24, 2.45) is 5.10 Å². The van der Waals surface area contributed by atoms with Gasteiger partial charge in [0.15, 0.2) is 4.90 Å². The maximum absolute atomic E-state index is 13.6. The summed E-state index contributed by atoms with van der Waals surface area (Å²) in [5.41, 5.74) is 2.63. The van der Waals surface area contributed by atoms with E-state index in [2.05, 4.69) is 10.5 Å². The maximum atomic E-state index is 13.6. The molecule has 2 aromatic carbocycles. The summed E-state index contributed by atoms with van der Waals surface area (Å²) in [5, 5.41) is 15.6. The Kier molecular flexibility index (Phi) is 7.48. The Morgan fingerprint density at radius 2 is 1.85 bits per heavy atom. The van der Waals surface area contributed by atoms with E-state index in [0.29, 0.717) is 5.75 Å². The van der Waals surface area contributed by atoms with Gasteiger partial charge in [0.25, 0.3) is 21.6 Å². The lowest BCUT2D eigenvalue weighted by atomic mass is 10.2. The fraction of sp³-hybridized carbons (Fsp3) is 0.333. The molecule has 3 rings (SSSR count). The van der Waals surface area contributed by atoms with Gasteiger partial charge in [0, 0.05) is 17.8 Å². The maximum Gasteiger partial charge on any atom is 0.289 e. The van der Waals surface area contributed by atoms with E-state index in [0.717, 1.165) is 47.8 Å². The molecule has 1 N–H and O–H groups in total. The lowest BCUT2D eigenvalue weighted by molar-refractivity contribution is -0.387. The number of nitro benzene ring substituents is 1. The molecule has 0 unspecified atom stereocenters. The topological polar surface area (TPSA) is 140 Å². The summed E-state index contributed by atoms with van der Waals surface area (Å²) in [6.45, 7) is -0.673. The third-order valence-corrected chi connectivity index (χ3v) is 6.90. The summed E-state index contributed by atoms with van der Waals surface area (Å²) in [4.78, 5) is 22.8. The smallest absolute Gasteiger partial charge is 0.289 e. The number of anilines is 1. The van der Waals surface area contributed by atoms with E-state index in [4.69, 9.17) is 9.47 Å². The van der Waals surface area contributed by atoms with Crippen LogP contribution in [0, 0.1) is 10.1 Å². The van der Waals surface area contributed by atoms with Gasteiger partial charge in [0.2, 0.25) is 0 Å². The fourth-order valence-corrected chi connectivity index (χ4v) is 5.03. The largest absolute Gasteiger partial charge is 0.497 e. The number of carbonyl (C=O) groups is 1. The number of para-hydroxylation sites is 1. The van der Waals surface area contributed by atoms with Gasteiger partial charge in [-0.1, -0.05) is 12.1 Å². The van der Waals surface area contributed by atoms with Crippen molar-refractivity contribution in [3.63, 3.8) is 0 Å². The SMILES string of the molecule is COc1ccc(N(CC(=O)NN=C2CCCC2)S(=O)(=O)c2ccccc2[N+](=O)[O-])c(OC)c1. The molecule has 1 aliphatic carbocycles. The summed E-state index contributed by atoms with van der Waals surface area (Å²) in [6, 6.07) is 9.29. The number of carbonyl (C=O) groups excluding carboxylic acids is 1. The molecule has 0 spiro atoms. The highest BCUT2D eigenvalue weighted by molar-refractivity contribution is 7.93. The van der Waals surface area contributed by atoms with Gasteiger partial charge >= 0.3 is 0 Å². The van der Waals surface area contributed by atoms with Crippen LogP contribution in [0.3, 0.4) is 0 Å². The van der Waals surface area contributed by atoms with Crippen LogP contribution in [0.5, 0.6) is 11.5 Å². The summed E-state index contributed by atoms with van der Waals surface area (Å²) in [6.07, 6.45) is 3.50. The number of ether oxygens (including phenoxy) is 2. The van der Waals surface area contributed by atoms with Crippen LogP contribution in [0.2, 0.25) is 0 Å². The number of benzene rings is 2. The predicted octanol–water partition coefficient (Wildman–Crippen LogP) is 2.85. The van der Waals surface area contributed by atoms with Crippen LogP contribution < -0.4 is 19.2 Å². The molecule has 176 valence electrons. The molecule has 0 heterocycles. The van der Waals surface area contributed by atoms with Gasteiger partial charge in [-0.25, -0.2) is 13.8 Å². The Balaban J connectivity index is 2.06. The number of hydrazone groups is 1. The lowest BCUT2D eigenvalue weighted by Crippen LogP contribution is -2.40. The molecule has 0 radical (unpaired) electrons. The molecule has 1 saturated carbocycles. The van der Waals surface area contributed by atoms with E-state index >= 15 is 0 Å². The Labute approximate surface area is 191 Å². The van der Waals surface area contributed by atoms with Crippen molar-refractivity contribution in [1.82, 2.24) is 5.43 Å². The number of sulfonamides is 1. The number of methoxy groups -OCH3 is 2. The van der Waals surface area contributed by atoms with E-state index in [1.54, 1.807) is 0 Å². The van der Waals surface area contributed by atoms with Crippen LogP contribution in [0.4, 0.5) is 11.4 Å². The number of hydrogen-bond acceptors (Lipinski definition) is 8. The second-order valence-corrected chi connectivity index (χ2v) is 9.03. The highest BCUT2D eigenvalue weighted by atomic mass is 32.2. The molecule has 11 nitrogen and oxygen atoms in total. The molecule has 12 heteroatoms. The Morgan fingerprint density at radius 1 is 1.15 bits per heavy atom. The average Bonchev–Trinajstić information content (AvgIpc) is 3.34. The van der Waals surface area contributed by atoms with Crippen molar-refractivity contribution in [1.29, 1.82) is 0 Å². The summed E-state index contributed by atoms with van der Waals surface area (Å²) in [5.74, 6) is -0.198. The minimum Gasteiger partial charge on any atom is -0.497 e. The van der Waals surface area contributed by atoms with Gasteiger partial charge in [-0.2, -0.15) is 5.10 Å². The fourth-order valence-electron chi connectivity index (χ4n) is 3.44.